The lowest BCUT2D eigenvalue weighted by Crippen LogP contribution is -2.49. The Kier molecular flexibility index (Phi) is 2.92. The first kappa shape index (κ1) is 11.1. The molecule has 4 heteroatoms. The van der Waals surface area contributed by atoms with E-state index in [0.29, 0.717) is 12.8 Å². The van der Waals surface area contributed by atoms with Gasteiger partial charge in [-0.2, -0.15) is 0 Å². The lowest BCUT2D eigenvalue weighted by atomic mass is 9.89. The van der Waals surface area contributed by atoms with E-state index in [4.69, 9.17) is 0 Å². The van der Waals surface area contributed by atoms with Crippen LogP contribution in [0, 0.1) is 5.82 Å². The summed E-state index contributed by atoms with van der Waals surface area (Å²) in [6.45, 7) is 0.730. The number of carboxylic acids is 1. The van der Waals surface area contributed by atoms with Crippen LogP contribution in [0.2, 0.25) is 0 Å². The third kappa shape index (κ3) is 2.07. The molecular formula is C12H14FNO2. The summed E-state index contributed by atoms with van der Waals surface area (Å²) in [5.41, 5.74) is -0.0177. The van der Waals surface area contributed by atoms with Crippen molar-refractivity contribution in [3.63, 3.8) is 0 Å². The van der Waals surface area contributed by atoms with E-state index in [1.54, 1.807) is 12.1 Å². The number of aliphatic carboxylic acids is 1. The van der Waals surface area contributed by atoms with Gasteiger partial charge in [0.05, 0.1) is 0 Å². The van der Waals surface area contributed by atoms with Gasteiger partial charge in [-0.3, -0.25) is 4.79 Å². The average Bonchev–Trinajstić information content (AvgIpc) is 2.71. The maximum Gasteiger partial charge on any atom is 0.324 e. The quantitative estimate of drug-likeness (QED) is 0.817. The highest BCUT2D eigenvalue weighted by Gasteiger charge is 2.40. The van der Waals surface area contributed by atoms with E-state index >= 15 is 0 Å². The van der Waals surface area contributed by atoms with Gasteiger partial charge in [0.25, 0.3) is 0 Å². The van der Waals surface area contributed by atoms with Gasteiger partial charge in [-0.25, -0.2) is 4.39 Å². The summed E-state index contributed by atoms with van der Waals surface area (Å²) >= 11 is 0. The molecule has 3 nitrogen and oxygen atoms in total. The van der Waals surface area contributed by atoms with E-state index < -0.39 is 11.5 Å². The first-order valence-corrected chi connectivity index (χ1v) is 5.35. The van der Waals surface area contributed by atoms with Gasteiger partial charge in [0.15, 0.2) is 0 Å². The van der Waals surface area contributed by atoms with Gasteiger partial charge in [-0.1, -0.05) is 12.1 Å². The maximum absolute atomic E-state index is 12.7. The fourth-order valence-corrected chi connectivity index (χ4v) is 2.17. The molecule has 2 rings (SSSR count). The molecular weight excluding hydrogens is 209 g/mol. The molecule has 1 aromatic rings. The molecule has 1 saturated heterocycles. The second-order valence-corrected chi connectivity index (χ2v) is 4.22. The molecule has 0 bridgehead atoms. The lowest BCUT2D eigenvalue weighted by Gasteiger charge is -2.24. The van der Waals surface area contributed by atoms with E-state index in [9.17, 15) is 14.3 Å². The van der Waals surface area contributed by atoms with Crippen LogP contribution in [-0.4, -0.2) is 23.2 Å². The Morgan fingerprint density at radius 2 is 2.12 bits per heavy atom. The first-order valence-electron chi connectivity index (χ1n) is 5.35. The van der Waals surface area contributed by atoms with Crippen molar-refractivity contribution in [1.82, 2.24) is 5.32 Å². The smallest absolute Gasteiger partial charge is 0.324 e. The van der Waals surface area contributed by atoms with E-state index in [-0.39, 0.29) is 5.82 Å². The summed E-state index contributed by atoms with van der Waals surface area (Å²) in [6.07, 6.45) is 1.90. The van der Waals surface area contributed by atoms with Crippen LogP contribution in [0.4, 0.5) is 4.39 Å². The Morgan fingerprint density at radius 1 is 1.44 bits per heavy atom. The Hall–Kier alpha value is -1.42. The van der Waals surface area contributed by atoms with Crippen molar-refractivity contribution < 1.29 is 14.3 Å². The molecule has 0 saturated carbocycles. The molecule has 0 radical (unpaired) electrons. The lowest BCUT2D eigenvalue weighted by molar-refractivity contribution is -0.144. The standard InChI is InChI=1S/C12H14FNO2/c13-10-4-2-9(3-5-10)8-12(11(15)16)6-1-7-14-12/h2-5,14H,1,6-8H2,(H,15,16). The molecule has 1 heterocycles. The average molecular weight is 223 g/mol. The van der Waals surface area contributed by atoms with Crippen molar-refractivity contribution in [3.8, 4) is 0 Å². The molecule has 86 valence electrons. The second kappa shape index (κ2) is 4.22. The fourth-order valence-electron chi connectivity index (χ4n) is 2.17. The summed E-state index contributed by atoms with van der Waals surface area (Å²) in [7, 11) is 0. The molecule has 1 aromatic carbocycles. The normalized spacial score (nSPS) is 24.6. The first-order chi connectivity index (χ1) is 7.62. The molecule has 2 N–H and O–H groups in total. The van der Waals surface area contributed by atoms with E-state index in [1.807, 2.05) is 0 Å². The van der Waals surface area contributed by atoms with Crippen molar-refractivity contribution in [2.45, 2.75) is 24.8 Å². The van der Waals surface area contributed by atoms with Crippen LogP contribution in [0.3, 0.4) is 0 Å². The minimum Gasteiger partial charge on any atom is -0.480 e. The van der Waals surface area contributed by atoms with Gasteiger partial charge in [0.2, 0.25) is 0 Å². The highest BCUT2D eigenvalue weighted by atomic mass is 19.1. The zero-order valence-electron chi connectivity index (χ0n) is 8.87. The fraction of sp³-hybridized carbons (Fsp3) is 0.417. The van der Waals surface area contributed by atoms with Gasteiger partial charge in [-0.05, 0) is 37.1 Å². The van der Waals surface area contributed by atoms with Crippen LogP contribution in [0.15, 0.2) is 24.3 Å². The van der Waals surface area contributed by atoms with Crippen LogP contribution < -0.4 is 5.32 Å². The van der Waals surface area contributed by atoms with Crippen LogP contribution in [0.1, 0.15) is 18.4 Å². The minimum atomic E-state index is -0.863. The number of carboxylic acid groups (broad SMARTS) is 1. The van der Waals surface area contributed by atoms with Crippen LogP contribution in [0.5, 0.6) is 0 Å². The molecule has 1 aliphatic heterocycles. The van der Waals surface area contributed by atoms with Gasteiger partial charge >= 0.3 is 5.97 Å². The van der Waals surface area contributed by atoms with Crippen LogP contribution >= 0.6 is 0 Å². The number of hydrogen-bond donors (Lipinski definition) is 2. The molecule has 16 heavy (non-hydrogen) atoms. The summed E-state index contributed by atoms with van der Waals surface area (Å²) in [5.74, 6) is -1.12. The van der Waals surface area contributed by atoms with Gasteiger partial charge < -0.3 is 10.4 Å². The zero-order valence-corrected chi connectivity index (χ0v) is 8.87. The predicted octanol–water partition coefficient (Wildman–Crippen LogP) is 1.57. The largest absolute Gasteiger partial charge is 0.480 e. The van der Waals surface area contributed by atoms with E-state index in [0.717, 1.165) is 18.5 Å². The number of carbonyl (C=O) groups is 1. The minimum absolute atomic E-state index is 0.299. The molecule has 1 unspecified atom stereocenters. The molecule has 1 atom stereocenters. The molecule has 0 spiro atoms. The Bertz CT molecular complexity index is 383. The van der Waals surface area contributed by atoms with Crippen molar-refractivity contribution in [2.75, 3.05) is 6.54 Å². The van der Waals surface area contributed by atoms with Crippen molar-refractivity contribution in [1.29, 1.82) is 0 Å². The van der Waals surface area contributed by atoms with Gasteiger partial charge in [-0.15, -0.1) is 0 Å². The molecule has 0 aromatic heterocycles. The van der Waals surface area contributed by atoms with Gasteiger partial charge in [0, 0.05) is 6.42 Å². The molecule has 1 aliphatic rings. The number of nitrogens with one attached hydrogen (secondary N) is 1. The molecule has 0 aliphatic carbocycles. The van der Waals surface area contributed by atoms with E-state index in [1.165, 1.54) is 12.1 Å². The van der Waals surface area contributed by atoms with Crippen molar-refractivity contribution in [2.24, 2.45) is 0 Å². The number of hydrogen-bond acceptors (Lipinski definition) is 2. The highest BCUT2D eigenvalue weighted by Crippen LogP contribution is 2.24. The van der Waals surface area contributed by atoms with Crippen LogP contribution in [-0.2, 0) is 11.2 Å². The number of halogens is 1. The predicted molar refractivity (Wildman–Crippen MR) is 57.7 cm³/mol. The van der Waals surface area contributed by atoms with E-state index in [2.05, 4.69) is 5.32 Å². The Labute approximate surface area is 93.3 Å². The Balaban J connectivity index is 2.18. The summed E-state index contributed by atoms with van der Waals surface area (Å²) in [6, 6.07) is 6.00. The summed E-state index contributed by atoms with van der Waals surface area (Å²) in [5, 5.41) is 12.3. The topological polar surface area (TPSA) is 49.3 Å². The monoisotopic (exact) mass is 223 g/mol. The summed E-state index contributed by atoms with van der Waals surface area (Å²) in [4.78, 5) is 11.3. The SMILES string of the molecule is O=C(O)C1(Cc2ccc(F)cc2)CCCN1. The highest BCUT2D eigenvalue weighted by molar-refractivity contribution is 5.79. The molecule has 1 fully saturated rings. The number of rotatable bonds is 3. The van der Waals surface area contributed by atoms with Crippen LogP contribution in [0.25, 0.3) is 0 Å². The zero-order chi connectivity index (χ0) is 11.6. The van der Waals surface area contributed by atoms with Crippen molar-refractivity contribution >= 4 is 5.97 Å². The van der Waals surface area contributed by atoms with Crippen molar-refractivity contribution in [3.05, 3.63) is 35.6 Å². The number of benzene rings is 1. The third-order valence-corrected chi connectivity index (χ3v) is 3.07. The third-order valence-electron chi connectivity index (χ3n) is 3.07. The van der Waals surface area contributed by atoms with Gasteiger partial charge in [0.1, 0.15) is 11.4 Å². The summed E-state index contributed by atoms with van der Waals surface area (Å²) < 4.78 is 12.7. The second-order valence-electron chi connectivity index (χ2n) is 4.22. The Morgan fingerprint density at radius 3 is 2.62 bits per heavy atom. The maximum atomic E-state index is 12.7. The molecule has 0 amide bonds.